The van der Waals surface area contributed by atoms with Crippen molar-refractivity contribution in [3.05, 3.63) is 66.0 Å². The summed E-state index contributed by atoms with van der Waals surface area (Å²) in [4.78, 5) is 39.2. The van der Waals surface area contributed by atoms with Crippen LogP contribution < -0.4 is 9.47 Å². The number of aliphatic hydroxyl groups is 1. The first-order chi connectivity index (χ1) is 15.5. The Labute approximate surface area is 195 Å². The van der Waals surface area contributed by atoms with Crippen molar-refractivity contribution >= 4 is 23.4 Å². The fraction of sp³-hybridized carbons (Fsp3) is 0.370. The van der Waals surface area contributed by atoms with Crippen LogP contribution in [-0.2, 0) is 14.4 Å². The second-order valence-corrected chi connectivity index (χ2v) is 8.58. The van der Waals surface area contributed by atoms with Crippen molar-refractivity contribution in [2.24, 2.45) is 11.3 Å². The molecule has 0 saturated carbocycles. The Hall–Kier alpha value is -3.41. The SMILES string of the molecule is C=C(C)CCC1(CCC(=C)C)C(=O)C(C(=O)C=Cc2ccc(OC)c(OC)c2)C(=O)C=C1O. The number of Topliss-reactive ketones (excluding diaryl/α,β-unsaturated/α-hetero) is 1. The van der Waals surface area contributed by atoms with Gasteiger partial charge in [-0.1, -0.05) is 23.3 Å². The average Bonchev–Trinajstić information content (AvgIpc) is 2.76. The molecule has 0 saturated heterocycles. The van der Waals surface area contributed by atoms with E-state index in [2.05, 4.69) is 13.2 Å². The molecule has 1 atom stereocenters. The molecule has 2 rings (SSSR count). The van der Waals surface area contributed by atoms with E-state index in [1.54, 1.807) is 18.2 Å². The zero-order valence-corrected chi connectivity index (χ0v) is 19.8. The predicted molar refractivity (Wildman–Crippen MR) is 128 cm³/mol. The van der Waals surface area contributed by atoms with Gasteiger partial charge in [-0.3, -0.25) is 14.4 Å². The van der Waals surface area contributed by atoms with Crippen LogP contribution in [0.4, 0.5) is 0 Å². The third kappa shape index (κ3) is 5.89. The lowest BCUT2D eigenvalue weighted by Gasteiger charge is -2.37. The Kier molecular flexibility index (Phi) is 8.57. The largest absolute Gasteiger partial charge is 0.511 e. The maximum Gasteiger partial charge on any atom is 0.177 e. The summed E-state index contributed by atoms with van der Waals surface area (Å²) in [7, 11) is 3.03. The molecule has 0 fully saturated rings. The van der Waals surface area contributed by atoms with Gasteiger partial charge in [0.25, 0.3) is 0 Å². The molecule has 1 unspecified atom stereocenters. The lowest BCUT2D eigenvalue weighted by Crippen LogP contribution is -2.47. The quantitative estimate of drug-likeness (QED) is 0.282. The van der Waals surface area contributed by atoms with E-state index in [0.29, 0.717) is 29.9 Å². The number of benzene rings is 1. The number of carbonyl (C=O) groups is 3. The van der Waals surface area contributed by atoms with Crippen LogP contribution in [0, 0.1) is 11.3 Å². The topological polar surface area (TPSA) is 89.9 Å². The normalized spacial score (nSPS) is 17.6. The second-order valence-electron chi connectivity index (χ2n) is 8.58. The van der Waals surface area contributed by atoms with Gasteiger partial charge in [0.05, 0.1) is 19.6 Å². The predicted octanol–water partition coefficient (Wildman–Crippen LogP) is 5.20. The average molecular weight is 453 g/mol. The summed E-state index contributed by atoms with van der Waals surface area (Å²) in [5.74, 6) is -2.65. The van der Waals surface area contributed by atoms with Gasteiger partial charge in [-0.15, -0.1) is 13.2 Å². The third-order valence-corrected chi connectivity index (χ3v) is 5.88. The van der Waals surface area contributed by atoms with Gasteiger partial charge in [0.2, 0.25) is 0 Å². The van der Waals surface area contributed by atoms with Gasteiger partial charge in [0.1, 0.15) is 11.7 Å². The Balaban J connectivity index is 2.38. The number of aliphatic hydroxyl groups excluding tert-OH is 1. The number of rotatable bonds is 11. The van der Waals surface area contributed by atoms with Gasteiger partial charge in [0.15, 0.2) is 28.8 Å². The molecule has 1 aliphatic rings. The zero-order chi connectivity index (χ0) is 24.8. The number of carbonyl (C=O) groups excluding carboxylic acids is 3. The molecule has 1 aliphatic carbocycles. The van der Waals surface area contributed by atoms with Crippen molar-refractivity contribution in [2.45, 2.75) is 39.5 Å². The Morgan fingerprint density at radius 1 is 1.06 bits per heavy atom. The van der Waals surface area contributed by atoms with Crippen molar-refractivity contribution < 1.29 is 29.0 Å². The molecule has 1 aromatic rings. The molecule has 1 N–H and O–H groups in total. The van der Waals surface area contributed by atoms with Crippen molar-refractivity contribution in [3.63, 3.8) is 0 Å². The van der Waals surface area contributed by atoms with Gasteiger partial charge in [-0.25, -0.2) is 0 Å². The van der Waals surface area contributed by atoms with E-state index in [9.17, 15) is 19.5 Å². The van der Waals surface area contributed by atoms with Gasteiger partial charge < -0.3 is 14.6 Å². The molecule has 176 valence electrons. The summed E-state index contributed by atoms with van der Waals surface area (Å²) in [6, 6.07) is 5.11. The second kappa shape index (κ2) is 10.9. The smallest absolute Gasteiger partial charge is 0.177 e. The van der Waals surface area contributed by atoms with E-state index >= 15 is 0 Å². The van der Waals surface area contributed by atoms with Crippen LogP contribution in [0.25, 0.3) is 6.08 Å². The molecule has 1 aromatic carbocycles. The number of ether oxygens (including phenoxy) is 2. The highest BCUT2D eigenvalue weighted by Gasteiger charge is 2.51. The Bertz CT molecular complexity index is 1010. The van der Waals surface area contributed by atoms with Crippen molar-refractivity contribution in [2.75, 3.05) is 14.2 Å². The Morgan fingerprint density at radius 2 is 1.64 bits per heavy atom. The highest BCUT2D eigenvalue weighted by molar-refractivity contribution is 6.28. The lowest BCUT2D eigenvalue weighted by molar-refractivity contribution is -0.143. The Morgan fingerprint density at radius 3 is 2.15 bits per heavy atom. The number of methoxy groups -OCH3 is 2. The highest BCUT2D eigenvalue weighted by Crippen LogP contribution is 2.44. The summed E-state index contributed by atoms with van der Waals surface area (Å²) in [6.45, 7) is 11.4. The standard InChI is InChI=1S/C27H32O6/c1-17(2)11-13-27(14-12-18(3)4)24(30)16-21(29)25(26(27)31)20(28)9-7-19-8-10-22(32-5)23(15-19)33-6/h7-10,15-16,25,30H,1,3,11-14H2,2,4-6H3. The minimum atomic E-state index is -1.49. The van der Waals surface area contributed by atoms with Crippen molar-refractivity contribution in [3.8, 4) is 11.5 Å². The van der Waals surface area contributed by atoms with Gasteiger partial charge in [-0.05, 0) is 63.3 Å². The minimum Gasteiger partial charge on any atom is -0.511 e. The van der Waals surface area contributed by atoms with E-state index in [1.807, 2.05) is 13.8 Å². The van der Waals surface area contributed by atoms with Gasteiger partial charge in [0, 0.05) is 6.08 Å². The molecule has 33 heavy (non-hydrogen) atoms. The fourth-order valence-corrected chi connectivity index (χ4v) is 3.87. The van der Waals surface area contributed by atoms with E-state index in [0.717, 1.165) is 17.2 Å². The van der Waals surface area contributed by atoms with Gasteiger partial charge >= 0.3 is 0 Å². The van der Waals surface area contributed by atoms with Crippen LogP contribution in [0.3, 0.4) is 0 Å². The van der Waals surface area contributed by atoms with Crippen LogP contribution in [-0.4, -0.2) is 36.7 Å². The molecule has 0 aliphatic heterocycles. The molecular weight excluding hydrogens is 420 g/mol. The summed E-state index contributed by atoms with van der Waals surface area (Å²) >= 11 is 0. The fourth-order valence-electron chi connectivity index (χ4n) is 3.87. The molecule has 0 radical (unpaired) electrons. The summed E-state index contributed by atoms with van der Waals surface area (Å²) in [5.41, 5.74) is 1.02. The molecule has 0 aromatic heterocycles. The van der Waals surface area contributed by atoms with Crippen molar-refractivity contribution in [1.29, 1.82) is 0 Å². The highest BCUT2D eigenvalue weighted by atomic mass is 16.5. The number of ketones is 3. The van der Waals surface area contributed by atoms with Crippen LogP contribution in [0.15, 0.2) is 60.4 Å². The number of hydrogen-bond donors (Lipinski definition) is 1. The first kappa shape index (κ1) is 25.8. The van der Waals surface area contributed by atoms with Crippen LogP contribution in [0.5, 0.6) is 11.5 Å². The first-order valence-electron chi connectivity index (χ1n) is 10.8. The third-order valence-electron chi connectivity index (χ3n) is 5.88. The summed E-state index contributed by atoms with van der Waals surface area (Å²) in [5, 5.41) is 10.7. The molecule has 0 amide bonds. The molecular formula is C27H32O6. The number of hydrogen-bond acceptors (Lipinski definition) is 6. The van der Waals surface area contributed by atoms with Crippen LogP contribution >= 0.6 is 0 Å². The first-order valence-corrected chi connectivity index (χ1v) is 10.8. The van der Waals surface area contributed by atoms with Crippen LogP contribution in [0.2, 0.25) is 0 Å². The molecule has 0 bridgehead atoms. The monoisotopic (exact) mass is 452 g/mol. The summed E-state index contributed by atoms with van der Waals surface area (Å²) in [6.07, 6.45) is 5.28. The van der Waals surface area contributed by atoms with E-state index in [-0.39, 0.29) is 18.6 Å². The van der Waals surface area contributed by atoms with Crippen LogP contribution in [0.1, 0.15) is 45.1 Å². The summed E-state index contributed by atoms with van der Waals surface area (Å²) < 4.78 is 10.5. The molecule has 6 nitrogen and oxygen atoms in total. The number of allylic oxidation sites excluding steroid dienone is 5. The maximum absolute atomic E-state index is 13.6. The molecule has 0 heterocycles. The van der Waals surface area contributed by atoms with E-state index in [4.69, 9.17) is 9.47 Å². The maximum atomic E-state index is 13.6. The minimum absolute atomic E-state index is 0.271. The van der Waals surface area contributed by atoms with E-state index in [1.165, 1.54) is 26.4 Å². The zero-order valence-electron chi connectivity index (χ0n) is 19.8. The molecule has 6 heteroatoms. The van der Waals surface area contributed by atoms with Gasteiger partial charge in [-0.2, -0.15) is 0 Å². The van der Waals surface area contributed by atoms with E-state index < -0.39 is 28.7 Å². The lowest BCUT2D eigenvalue weighted by atomic mass is 9.64. The van der Waals surface area contributed by atoms with Crippen molar-refractivity contribution in [1.82, 2.24) is 0 Å². The molecule has 0 spiro atoms.